The maximum absolute atomic E-state index is 12.5. The van der Waals surface area contributed by atoms with Crippen LogP contribution in [-0.4, -0.2) is 46.9 Å². The molecule has 7 heteroatoms. The maximum Gasteiger partial charge on any atom is 0.324 e. The highest BCUT2D eigenvalue weighted by molar-refractivity contribution is 6.04. The number of urea groups is 1. The normalized spacial score (nSPS) is 16.8. The lowest BCUT2D eigenvalue weighted by molar-refractivity contribution is -0.127. The van der Waals surface area contributed by atoms with Crippen molar-refractivity contribution in [1.29, 1.82) is 0 Å². The van der Waals surface area contributed by atoms with Crippen LogP contribution in [0.1, 0.15) is 38.2 Å². The van der Waals surface area contributed by atoms with E-state index in [-0.39, 0.29) is 24.3 Å². The summed E-state index contributed by atoms with van der Waals surface area (Å²) in [7, 11) is 0. The Hall–Kier alpha value is -2.83. The number of benzene rings is 1. The molecule has 1 aliphatic rings. The molecule has 1 atom stereocenters. The summed E-state index contributed by atoms with van der Waals surface area (Å²) in [6, 6.07) is 6.95. The Morgan fingerprint density at radius 3 is 2.89 bits per heavy atom. The van der Waals surface area contributed by atoms with Gasteiger partial charge < -0.3 is 15.6 Å². The zero-order valence-electron chi connectivity index (χ0n) is 15.6. The molecule has 3 N–H and O–H groups in total. The largest absolute Gasteiger partial charge is 0.361 e. The van der Waals surface area contributed by atoms with Crippen molar-refractivity contribution < 1.29 is 14.4 Å². The fourth-order valence-corrected chi connectivity index (χ4v) is 3.32. The van der Waals surface area contributed by atoms with Gasteiger partial charge in [0, 0.05) is 36.6 Å². The standard InChI is InChI=1S/C20H26N4O3/c1-2-3-11-21-18(25)9-8-17-19(26)24(20(27)23-17)12-10-14-13-22-16-7-5-4-6-15(14)16/h4-7,13,17,22H,2-3,8-12H2,1H3,(H,21,25)(H,23,27)/t17-/m0/s1. The van der Waals surface area contributed by atoms with Gasteiger partial charge in [0.15, 0.2) is 0 Å². The van der Waals surface area contributed by atoms with E-state index in [9.17, 15) is 14.4 Å². The topological polar surface area (TPSA) is 94.3 Å². The van der Waals surface area contributed by atoms with Crippen molar-refractivity contribution in [2.24, 2.45) is 0 Å². The van der Waals surface area contributed by atoms with Crippen LogP contribution in [0.4, 0.5) is 4.79 Å². The summed E-state index contributed by atoms with van der Waals surface area (Å²) >= 11 is 0. The van der Waals surface area contributed by atoms with Crippen LogP contribution in [-0.2, 0) is 16.0 Å². The van der Waals surface area contributed by atoms with Gasteiger partial charge in [-0.25, -0.2) is 4.79 Å². The molecule has 1 aromatic heterocycles. The molecule has 0 spiro atoms. The second-order valence-corrected chi connectivity index (χ2v) is 6.84. The van der Waals surface area contributed by atoms with Crippen LogP contribution in [0.3, 0.4) is 0 Å². The minimum Gasteiger partial charge on any atom is -0.361 e. The monoisotopic (exact) mass is 370 g/mol. The van der Waals surface area contributed by atoms with E-state index in [1.165, 1.54) is 4.90 Å². The van der Waals surface area contributed by atoms with E-state index in [0.717, 1.165) is 29.3 Å². The van der Waals surface area contributed by atoms with Crippen LogP contribution in [0.25, 0.3) is 10.9 Å². The van der Waals surface area contributed by atoms with Gasteiger partial charge in [-0.05, 0) is 30.9 Å². The number of H-pyrrole nitrogens is 1. The quantitative estimate of drug-likeness (QED) is 0.467. The van der Waals surface area contributed by atoms with Crippen LogP contribution >= 0.6 is 0 Å². The number of aromatic amines is 1. The highest BCUT2D eigenvalue weighted by atomic mass is 16.2. The van der Waals surface area contributed by atoms with E-state index in [1.807, 2.05) is 30.5 Å². The van der Waals surface area contributed by atoms with Crippen LogP contribution in [0.5, 0.6) is 0 Å². The molecule has 1 fully saturated rings. The SMILES string of the molecule is CCCCNC(=O)CC[C@@H]1NC(=O)N(CCc2c[nH]c3ccccc23)C1=O. The van der Waals surface area contributed by atoms with E-state index in [2.05, 4.69) is 22.5 Å². The third kappa shape index (κ3) is 4.48. The van der Waals surface area contributed by atoms with Gasteiger partial charge in [-0.15, -0.1) is 0 Å². The molecule has 0 unspecified atom stereocenters. The number of amides is 4. The molecule has 144 valence electrons. The lowest BCUT2D eigenvalue weighted by Crippen LogP contribution is -2.34. The van der Waals surface area contributed by atoms with Crippen LogP contribution < -0.4 is 10.6 Å². The molecule has 2 heterocycles. The average Bonchev–Trinajstić information content (AvgIpc) is 3.19. The molecule has 0 bridgehead atoms. The van der Waals surface area contributed by atoms with Crippen molar-refractivity contribution in [2.45, 2.75) is 45.1 Å². The lowest BCUT2D eigenvalue weighted by atomic mass is 10.1. The van der Waals surface area contributed by atoms with Crippen molar-refractivity contribution in [3.63, 3.8) is 0 Å². The number of para-hydroxylation sites is 1. The van der Waals surface area contributed by atoms with Crippen LogP contribution in [0, 0.1) is 0 Å². The van der Waals surface area contributed by atoms with Crippen molar-refractivity contribution in [3.05, 3.63) is 36.0 Å². The van der Waals surface area contributed by atoms with Crippen molar-refractivity contribution in [3.8, 4) is 0 Å². The number of rotatable bonds is 9. The average molecular weight is 370 g/mol. The molecule has 0 radical (unpaired) electrons. The highest BCUT2D eigenvalue weighted by Crippen LogP contribution is 2.19. The number of hydrogen-bond acceptors (Lipinski definition) is 3. The molecule has 1 aliphatic heterocycles. The Kier molecular flexibility index (Phi) is 6.11. The maximum atomic E-state index is 12.5. The first-order chi connectivity index (χ1) is 13.1. The van der Waals surface area contributed by atoms with Crippen LogP contribution in [0.15, 0.2) is 30.5 Å². The number of imide groups is 1. The summed E-state index contributed by atoms with van der Waals surface area (Å²) < 4.78 is 0. The Bertz CT molecular complexity index is 829. The Morgan fingerprint density at radius 2 is 2.07 bits per heavy atom. The third-order valence-electron chi connectivity index (χ3n) is 4.90. The van der Waals surface area contributed by atoms with Gasteiger partial charge >= 0.3 is 6.03 Å². The van der Waals surface area contributed by atoms with E-state index in [4.69, 9.17) is 0 Å². The van der Waals surface area contributed by atoms with E-state index < -0.39 is 6.04 Å². The Balaban J connectivity index is 1.51. The van der Waals surface area contributed by atoms with Gasteiger partial charge in [-0.2, -0.15) is 0 Å². The molecule has 1 saturated heterocycles. The Morgan fingerprint density at radius 1 is 1.26 bits per heavy atom. The van der Waals surface area contributed by atoms with Crippen molar-refractivity contribution in [1.82, 2.24) is 20.5 Å². The number of unbranched alkanes of at least 4 members (excludes halogenated alkanes) is 1. The summed E-state index contributed by atoms with van der Waals surface area (Å²) in [4.78, 5) is 40.9. The second-order valence-electron chi connectivity index (χ2n) is 6.84. The number of nitrogens with one attached hydrogen (secondary N) is 3. The summed E-state index contributed by atoms with van der Waals surface area (Å²) in [6.45, 7) is 3.03. The van der Waals surface area contributed by atoms with Crippen molar-refractivity contribution >= 4 is 28.7 Å². The first-order valence-electron chi connectivity index (χ1n) is 9.53. The fourth-order valence-electron chi connectivity index (χ4n) is 3.32. The molecule has 27 heavy (non-hydrogen) atoms. The fraction of sp³-hybridized carbons (Fsp3) is 0.450. The Labute approximate surface area is 158 Å². The predicted molar refractivity (Wildman–Crippen MR) is 103 cm³/mol. The summed E-state index contributed by atoms with van der Waals surface area (Å²) in [5, 5.41) is 6.62. The van der Waals surface area contributed by atoms with Gasteiger partial charge in [-0.1, -0.05) is 31.5 Å². The minimum atomic E-state index is -0.614. The number of carbonyl (C=O) groups excluding carboxylic acids is 3. The number of hydrogen-bond donors (Lipinski definition) is 3. The molecular weight excluding hydrogens is 344 g/mol. The van der Waals surface area contributed by atoms with Gasteiger partial charge in [0.05, 0.1) is 0 Å². The van der Waals surface area contributed by atoms with E-state index in [0.29, 0.717) is 25.9 Å². The molecule has 2 aromatic rings. The van der Waals surface area contributed by atoms with Gasteiger partial charge in [-0.3, -0.25) is 14.5 Å². The summed E-state index contributed by atoms with van der Waals surface area (Å²) in [5.74, 6) is -0.330. The molecule has 7 nitrogen and oxygen atoms in total. The number of nitrogens with zero attached hydrogens (tertiary/aromatic N) is 1. The van der Waals surface area contributed by atoms with Gasteiger partial charge in [0.25, 0.3) is 5.91 Å². The van der Waals surface area contributed by atoms with E-state index >= 15 is 0 Å². The summed E-state index contributed by atoms with van der Waals surface area (Å²) in [5.41, 5.74) is 2.11. The van der Waals surface area contributed by atoms with Crippen LogP contribution in [0.2, 0.25) is 0 Å². The lowest BCUT2D eigenvalue weighted by Gasteiger charge is -2.12. The smallest absolute Gasteiger partial charge is 0.324 e. The number of fused-ring (bicyclic) bond motifs is 1. The number of carbonyl (C=O) groups is 3. The molecular formula is C20H26N4O3. The highest BCUT2D eigenvalue weighted by Gasteiger charge is 2.37. The first kappa shape index (κ1) is 18.9. The van der Waals surface area contributed by atoms with Gasteiger partial charge in [0.1, 0.15) is 6.04 Å². The van der Waals surface area contributed by atoms with Gasteiger partial charge in [0.2, 0.25) is 5.91 Å². The van der Waals surface area contributed by atoms with E-state index in [1.54, 1.807) is 0 Å². The molecule has 3 rings (SSSR count). The minimum absolute atomic E-state index is 0.0808. The molecule has 0 aliphatic carbocycles. The molecule has 4 amide bonds. The molecule has 0 saturated carbocycles. The summed E-state index contributed by atoms with van der Waals surface area (Å²) in [6.07, 6.45) is 5.02. The van der Waals surface area contributed by atoms with Crippen molar-refractivity contribution in [2.75, 3.05) is 13.1 Å². The second kappa shape index (κ2) is 8.70. The predicted octanol–water partition coefficient (Wildman–Crippen LogP) is 2.33. The zero-order valence-corrected chi connectivity index (χ0v) is 15.6. The molecule has 1 aromatic carbocycles. The zero-order chi connectivity index (χ0) is 19.2. The first-order valence-corrected chi connectivity index (χ1v) is 9.53. The third-order valence-corrected chi connectivity index (χ3v) is 4.90. The number of aromatic nitrogens is 1.